The summed E-state index contributed by atoms with van der Waals surface area (Å²) in [5, 5.41) is 3.03. The maximum Gasteiger partial charge on any atom is 0.227 e. The Morgan fingerprint density at radius 1 is 1.26 bits per heavy atom. The molecule has 0 aliphatic carbocycles. The number of benzene rings is 1. The van der Waals surface area contributed by atoms with E-state index in [9.17, 15) is 8.78 Å². The van der Waals surface area contributed by atoms with Crippen LogP contribution in [0.1, 0.15) is 12.5 Å². The summed E-state index contributed by atoms with van der Waals surface area (Å²) in [6, 6.07) is 3.74. The van der Waals surface area contributed by atoms with Gasteiger partial charge >= 0.3 is 0 Å². The number of hydrogen-bond donors (Lipinski definition) is 1. The highest BCUT2D eigenvalue weighted by atomic mass is 19.2. The van der Waals surface area contributed by atoms with Crippen molar-refractivity contribution in [3.63, 3.8) is 0 Å². The second-order valence-corrected chi connectivity index (χ2v) is 3.84. The number of aromatic nitrogens is 2. The summed E-state index contributed by atoms with van der Waals surface area (Å²) in [7, 11) is 0. The van der Waals surface area contributed by atoms with Crippen molar-refractivity contribution >= 4 is 5.82 Å². The van der Waals surface area contributed by atoms with Gasteiger partial charge in [0.2, 0.25) is 11.7 Å². The van der Waals surface area contributed by atoms with E-state index in [0.29, 0.717) is 17.9 Å². The molecule has 2 rings (SSSR count). The fourth-order valence-corrected chi connectivity index (χ4v) is 1.55. The molecule has 100 valence electrons. The highest BCUT2D eigenvalue weighted by Crippen LogP contribution is 2.28. The average Bonchev–Trinajstić information content (AvgIpc) is 2.40. The summed E-state index contributed by atoms with van der Waals surface area (Å²) in [5.74, 6) is -1.41. The third kappa shape index (κ3) is 2.78. The molecule has 0 aliphatic heterocycles. The molecule has 0 unspecified atom stereocenters. The normalized spacial score (nSPS) is 10.3. The molecule has 1 aromatic carbocycles. The SMILES string of the molecule is CCNc1ncnc(Oc2cccc(F)c2F)c1C. The number of hydrogen-bond acceptors (Lipinski definition) is 4. The molecule has 0 saturated carbocycles. The summed E-state index contributed by atoms with van der Waals surface area (Å²) in [5.41, 5.74) is 0.632. The van der Waals surface area contributed by atoms with Crippen molar-refractivity contribution in [1.29, 1.82) is 0 Å². The molecule has 0 radical (unpaired) electrons. The van der Waals surface area contributed by atoms with Gasteiger partial charge in [0.05, 0.1) is 5.56 Å². The molecule has 19 heavy (non-hydrogen) atoms. The van der Waals surface area contributed by atoms with Gasteiger partial charge in [0.1, 0.15) is 12.1 Å². The van der Waals surface area contributed by atoms with Crippen molar-refractivity contribution < 1.29 is 13.5 Å². The van der Waals surface area contributed by atoms with Gasteiger partial charge in [0, 0.05) is 6.54 Å². The van der Waals surface area contributed by atoms with Gasteiger partial charge in [-0.15, -0.1) is 0 Å². The first kappa shape index (κ1) is 13.2. The van der Waals surface area contributed by atoms with Gasteiger partial charge in [-0.3, -0.25) is 0 Å². The Bertz CT molecular complexity index is 590. The van der Waals surface area contributed by atoms with E-state index in [0.717, 1.165) is 6.07 Å². The van der Waals surface area contributed by atoms with Crippen molar-refractivity contribution in [3.05, 3.63) is 41.7 Å². The lowest BCUT2D eigenvalue weighted by Gasteiger charge is -2.11. The van der Waals surface area contributed by atoms with Crippen LogP contribution in [0.15, 0.2) is 24.5 Å². The third-order valence-electron chi connectivity index (χ3n) is 2.50. The number of halogens is 2. The molecule has 1 N–H and O–H groups in total. The zero-order chi connectivity index (χ0) is 13.8. The maximum absolute atomic E-state index is 13.5. The Kier molecular flexibility index (Phi) is 3.89. The van der Waals surface area contributed by atoms with Crippen molar-refractivity contribution in [2.75, 3.05) is 11.9 Å². The molecule has 0 atom stereocenters. The van der Waals surface area contributed by atoms with E-state index in [1.807, 2.05) is 6.92 Å². The van der Waals surface area contributed by atoms with Crippen LogP contribution in [0.5, 0.6) is 11.6 Å². The number of ether oxygens (including phenoxy) is 1. The molecule has 2 aromatic rings. The van der Waals surface area contributed by atoms with E-state index in [-0.39, 0.29) is 11.6 Å². The smallest absolute Gasteiger partial charge is 0.227 e. The Morgan fingerprint density at radius 2 is 2.05 bits per heavy atom. The molecular weight excluding hydrogens is 252 g/mol. The van der Waals surface area contributed by atoms with E-state index in [1.165, 1.54) is 18.5 Å². The van der Waals surface area contributed by atoms with E-state index < -0.39 is 11.6 Å². The maximum atomic E-state index is 13.5. The molecule has 0 spiro atoms. The molecule has 1 aromatic heterocycles. The van der Waals surface area contributed by atoms with Gasteiger partial charge in [0.15, 0.2) is 11.6 Å². The third-order valence-corrected chi connectivity index (χ3v) is 2.50. The lowest BCUT2D eigenvalue weighted by atomic mass is 10.3. The van der Waals surface area contributed by atoms with Crippen LogP contribution in [-0.4, -0.2) is 16.5 Å². The highest BCUT2D eigenvalue weighted by Gasteiger charge is 2.13. The lowest BCUT2D eigenvalue weighted by Crippen LogP contribution is -2.04. The summed E-state index contributed by atoms with van der Waals surface area (Å²) in [4.78, 5) is 7.97. The Morgan fingerprint density at radius 3 is 2.79 bits per heavy atom. The van der Waals surface area contributed by atoms with Crippen LogP contribution in [0.3, 0.4) is 0 Å². The Hall–Kier alpha value is -2.24. The first-order valence-corrected chi connectivity index (χ1v) is 5.80. The molecule has 0 amide bonds. The van der Waals surface area contributed by atoms with Crippen molar-refractivity contribution in [1.82, 2.24) is 9.97 Å². The summed E-state index contributed by atoms with van der Waals surface area (Å²) < 4.78 is 31.9. The number of rotatable bonds is 4. The molecule has 0 saturated heterocycles. The fourth-order valence-electron chi connectivity index (χ4n) is 1.55. The predicted octanol–water partition coefficient (Wildman–Crippen LogP) is 3.29. The van der Waals surface area contributed by atoms with Crippen molar-refractivity contribution in [2.24, 2.45) is 0 Å². The van der Waals surface area contributed by atoms with E-state index in [2.05, 4.69) is 15.3 Å². The number of nitrogens with one attached hydrogen (secondary N) is 1. The largest absolute Gasteiger partial charge is 0.435 e. The zero-order valence-electron chi connectivity index (χ0n) is 10.6. The molecule has 0 fully saturated rings. The van der Waals surface area contributed by atoms with Crippen LogP contribution in [-0.2, 0) is 0 Å². The molecular formula is C13H13F2N3O. The summed E-state index contributed by atoms with van der Waals surface area (Å²) >= 11 is 0. The average molecular weight is 265 g/mol. The zero-order valence-corrected chi connectivity index (χ0v) is 10.6. The van der Waals surface area contributed by atoms with Gasteiger partial charge in [0.25, 0.3) is 0 Å². The predicted molar refractivity (Wildman–Crippen MR) is 67.4 cm³/mol. The Labute approximate surface area is 109 Å². The summed E-state index contributed by atoms with van der Waals surface area (Å²) in [6.07, 6.45) is 1.30. The van der Waals surface area contributed by atoms with Gasteiger partial charge < -0.3 is 10.1 Å². The van der Waals surface area contributed by atoms with Gasteiger partial charge in [-0.2, -0.15) is 4.39 Å². The fraction of sp³-hybridized carbons (Fsp3) is 0.231. The van der Waals surface area contributed by atoms with Crippen LogP contribution >= 0.6 is 0 Å². The molecule has 0 bridgehead atoms. The highest BCUT2D eigenvalue weighted by molar-refractivity contribution is 5.48. The van der Waals surface area contributed by atoms with Crippen molar-refractivity contribution in [3.8, 4) is 11.6 Å². The quantitative estimate of drug-likeness (QED) is 0.921. The lowest BCUT2D eigenvalue weighted by molar-refractivity contribution is 0.403. The standard InChI is InChI=1S/C13H13F2N3O/c1-3-16-12-8(2)13(18-7-17-12)19-10-6-4-5-9(14)11(10)15/h4-7H,3H2,1-2H3,(H,16,17,18). The minimum Gasteiger partial charge on any atom is -0.435 e. The molecule has 1 heterocycles. The number of nitrogens with zero attached hydrogens (tertiary/aromatic N) is 2. The van der Waals surface area contributed by atoms with Crippen LogP contribution in [0.4, 0.5) is 14.6 Å². The van der Waals surface area contributed by atoms with E-state index >= 15 is 0 Å². The number of anilines is 1. The minimum absolute atomic E-state index is 0.190. The first-order chi connectivity index (χ1) is 9.13. The van der Waals surface area contributed by atoms with Gasteiger partial charge in [-0.1, -0.05) is 6.07 Å². The van der Waals surface area contributed by atoms with E-state index in [4.69, 9.17) is 4.74 Å². The topological polar surface area (TPSA) is 47.0 Å². The van der Waals surface area contributed by atoms with Gasteiger partial charge in [-0.25, -0.2) is 14.4 Å². The van der Waals surface area contributed by atoms with Crippen LogP contribution < -0.4 is 10.1 Å². The second kappa shape index (κ2) is 5.60. The molecule has 6 heteroatoms. The van der Waals surface area contributed by atoms with E-state index in [1.54, 1.807) is 6.92 Å². The second-order valence-electron chi connectivity index (χ2n) is 3.84. The van der Waals surface area contributed by atoms with Crippen molar-refractivity contribution in [2.45, 2.75) is 13.8 Å². The summed E-state index contributed by atoms with van der Waals surface area (Å²) in [6.45, 7) is 4.35. The Balaban J connectivity index is 2.33. The molecule has 4 nitrogen and oxygen atoms in total. The minimum atomic E-state index is -1.04. The van der Waals surface area contributed by atoms with Gasteiger partial charge in [-0.05, 0) is 26.0 Å². The first-order valence-electron chi connectivity index (χ1n) is 5.80. The molecule has 0 aliphatic rings. The van der Waals surface area contributed by atoms with Crippen LogP contribution in [0.25, 0.3) is 0 Å². The van der Waals surface area contributed by atoms with Crippen LogP contribution in [0.2, 0.25) is 0 Å². The monoisotopic (exact) mass is 265 g/mol. The van der Waals surface area contributed by atoms with Crippen LogP contribution in [0, 0.1) is 18.6 Å².